The summed E-state index contributed by atoms with van der Waals surface area (Å²) in [7, 11) is 0. The number of aliphatic carboxylic acids is 1. The van der Waals surface area contributed by atoms with Crippen LogP contribution < -0.4 is 5.32 Å². The average Bonchev–Trinajstić information content (AvgIpc) is 3.06. The second kappa shape index (κ2) is 5.61. The van der Waals surface area contributed by atoms with Gasteiger partial charge in [0.1, 0.15) is 11.4 Å². The lowest BCUT2D eigenvalue weighted by molar-refractivity contribution is -0.135. The van der Waals surface area contributed by atoms with E-state index in [-0.39, 0.29) is 0 Å². The number of hydrogen-bond acceptors (Lipinski definition) is 4. The number of benzene rings is 1. The van der Waals surface area contributed by atoms with Gasteiger partial charge in [0.2, 0.25) is 0 Å². The number of imidazole rings is 1. The third-order valence-corrected chi connectivity index (χ3v) is 4.39. The fourth-order valence-corrected chi connectivity index (χ4v) is 3.17. The van der Waals surface area contributed by atoms with Gasteiger partial charge in [0.05, 0.1) is 5.69 Å². The van der Waals surface area contributed by atoms with E-state index < -0.39 is 18.4 Å². The van der Waals surface area contributed by atoms with Crippen LogP contribution in [0.25, 0.3) is 16.2 Å². The van der Waals surface area contributed by atoms with Gasteiger partial charge in [-0.05, 0) is 6.92 Å². The summed E-state index contributed by atoms with van der Waals surface area (Å²) in [6.45, 7) is 1.42. The van der Waals surface area contributed by atoms with Crippen LogP contribution in [0.1, 0.15) is 15.4 Å². The van der Waals surface area contributed by atoms with Crippen molar-refractivity contribution in [2.45, 2.75) is 6.92 Å². The average molecular weight is 315 g/mol. The first-order chi connectivity index (χ1) is 10.6. The summed E-state index contributed by atoms with van der Waals surface area (Å²) in [5.41, 5.74) is 2.60. The Morgan fingerprint density at radius 2 is 2.05 bits per heavy atom. The largest absolute Gasteiger partial charge is 0.480 e. The number of aryl methyl sites for hydroxylation is 1. The van der Waals surface area contributed by atoms with Gasteiger partial charge in [-0.2, -0.15) is 0 Å². The molecule has 0 aliphatic carbocycles. The van der Waals surface area contributed by atoms with Crippen molar-refractivity contribution < 1.29 is 14.7 Å². The summed E-state index contributed by atoms with van der Waals surface area (Å²) >= 11 is 1.25. The molecule has 22 heavy (non-hydrogen) atoms. The highest BCUT2D eigenvalue weighted by atomic mass is 32.1. The van der Waals surface area contributed by atoms with E-state index in [1.807, 2.05) is 47.9 Å². The minimum Gasteiger partial charge on any atom is -0.480 e. The van der Waals surface area contributed by atoms with Gasteiger partial charge < -0.3 is 10.4 Å². The molecule has 0 saturated carbocycles. The second-order valence-corrected chi connectivity index (χ2v) is 5.72. The number of thiazole rings is 1. The van der Waals surface area contributed by atoms with Crippen molar-refractivity contribution in [1.29, 1.82) is 0 Å². The maximum atomic E-state index is 12.0. The zero-order valence-corrected chi connectivity index (χ0v) is 12.6. The third kappa shape index (κ3) is 2.58. The Hall–Kier alpha value is -2.67. The number of amides is 1. The molecule has 3 aromatic rings. The number of hydrogen-bond donors (Lipinski definition) is 2. The summed E-state index contributed by atoms with van der Waals surface area (Å²) in [5.74, 6) is -1.46. The lowest BCUT2D eigenvalue weighted by Gasteiger charge is -2.00. The molecule has 0 radical (unpaired) electrons. The quantitative estimate of drug-likeness (QED) is 0.773. The van der Waals surface area contributed by atoms with Crippen LogP contribution in [-0.2, 0) is 4.79 Å². The molecular formula is C15H13N3O3S. The van der Waals surface area contributed by atoms with E-state index in [9.17, 15) is 9.59 Å². The lowest BCUT2D eigenvalue weighted by Crippen LogP contribution is -2.29. The molecule has 1 aromatic carbocycles. The fraction of sp³-hybridized carbons (Fsp3) is 0.133. The third-order valence-electron chi connectivity index (χ3n) is 3.23. The van der Waals surface area contributed by atoms with E-state index in [0.29, 0.717) is 9.84 Å². The molecule has 0 atom stereocenters. The summed E-state index contributed by atoms with van der Waals surface area (Å²) in [5, 5.41) is 11.0. The number of rotatable bonds is 4. The van der Waals surface area contributed by atoms with Gasteiger partial charge >= 0.3 is 5.97 Å². The molecule has 6 nitrogen and oxygen atoms in total. The summed E-state index contributed by atoms with van der Waals surface area (Å²) in [6, 6.07) is 9.78. The van der Waals surface area contributed by atoms with Gasteiger partial charge in [-0.1, -0.05) is 41.7 Å². The maximum Gasteiger partial charge on any atom is 0.322 e. The highest BCUT2D eigenvalue weighted by molar-refractivity contribution is 7.19. The van der Waals surface area contributed by atoms with Gasteiger partial charge in [-0.3, -0.25) is 14.0 Å². The Labute approximate surface area is 130 Å². The zero-order chi connectivity index (χ0) is 15.7. The van der Waals surface area contributed by atoms with Crippen LogP contribution in [0.5, 0.6) is 0 Å². The SMILES string of the molecule is Cc1c(C(=O)NCC(=O)O)sc2nc(-c3ccccc3)cn12. The standard InChI is InChI=1S/C15H13N3O3S/c1-9-13(14(21)16-7-12(19)20)22-15-17-11(8-18(9)15)10-5-3-2-4-6-10/h2-6,8H,7H2,1H3,(H,16,21)(H,19,20). The van der Waals surface area contributed by atoms with Crippen molar-refractivity contribution in [2.24, 2.45) is 0 Å². The first-order valence-corrected chi connectivity index (χ1v) is 7.42. The van der Waals surface area contributed by atoms with Crippen molar-refractivity contribution in [3.8, 4) is 11.3 Å². The molecule has 0 fully saturated rings. The first kappa shape index (κ1) is 14.3. The van der Waals surface area contributed by atoms with Crippen molar-refractivity contribution in [3.63, 3.8) is 0 Å². The molecule has 2 aromatic heterocycles. The topological polar surface area (TPSA) is 83.7 Å². The van der Waals surface area contributed by atoms with Crippen molar-refractivity contribution in [2.75, 3.05) is 6.54 Å². The van der Waals surface area contributed by atoms with Gasteiger partial charge in [-0.25, -0.2) is 4.98 Å². The van der Waals surface area contributed by atoms with E-state index in [4.69, 9.17) is 5.11 Å². The molecule has 3 rings (SSSR count). The van der Waals surface area contributed by atoms with E-state index in [2.05, 4.69) is 10.3 Å². The number of fused-ring (bicyclic) bond motifs is 1. The van der Waals surface area contributed by atoms with Crippen LogP contribution in [-0.4, -0.2) is 32.9 Å². The molecule has 0 bridgehead atoms. The van der Waals surface area contributed by atoms with E-state index >= 15 is 0 Å². The molecule has 0 saturated heterocycles. The number of carboxylic acid groups (broad SMARTS) is 1. The predicted molar refractivity (Wildman–Crippen MR) is 83.2 cm³/mol. The van der Waals surface area contributed by atoms with Crippen LogP contribution in [0.3, 0.4) is 0 Å². The van der Waals surface area contributed by atoms with Crippen molar-refractivity contribution in [3.05, 3.63) is 47.1 Å². The zero-order valence-electron chi connectivity index (χ0n) is 11.7. The Kier molecular flexibility index (Phi) is 3.64. The number of carboxylic acids is 1. The Bertz CT molecular complexity index is 852. The number of carbonyl (C=O) groups excluding carboxylic acids is 1. The number of nitrogens with one attached hydrogen (secondary N) is 1. The number of aromatic nitrogens is 2. The molecule has 0 aliphatic rings. The van der Waals surface area contributed by atoms with Crippen LogP contribution in [0.4, 0.5) is 0 Å². The summed E-state index contributed by atoms with van der Waals surface area (Å²) < 4.78 is 1.85. The number of carbonyl (C=O) groups is 2. The molecule has 7 heteroatoms. The normalized spacial score (nSPS) is 10.8. The van der Waals surface area contributed by atoms with Crippen LogP contribution >= 0.6 is 11.3 Å². The summed E-state index contributed by atoms with van der Waals surface area (Å²) in [4.78, 5) is 28.2. The lowest BCUT2D eigenvalue weighted by atomic mass is 10.2. The van der Waals surface area contributed by atoms with Crippen LogP contribution in [0.2, 0.25) is 0 Å². The fourth-order valence-electron chi connectivity index (χ4n) is 2.14. The summed E-state index contributed by atoms with van der Waals surface area (Å²) in [6.07, 6.45) is 1.88. The van der Waals surface area contributed by atoms with Crippen LogP contribution in [0, 0.1) is 6.92 Å². The molecule has 0 spiro atoms. The Balaban J connectivity index is 1.93. The van der Waals surface area contributed by atoms with Crippen molar-refractivity contribution >= 4 is 28.2 Å². The minimum absolute atomic E-state index is 0.392. The Morgan fingerprint density at radius 1 is 1.32 bits per heavy atom. The first-order valence-electron chi connectivity index (χ1n) is 6.60. The van der Waals surface area contributed by atoms with Gasteiger partial charge in [-0.15, -0.1) is 0 Å². The van der Waals surface area contributed by atoms with Crippen LogP contribution in [0.15, 0.2) is 36.5 Å². The predicted octanol–water partition coefficient (Wildman–Crippen LogP) is 2.19. The minimum atomic E-state index is -1.07. The maximum absolute atomic E-state index is 12.0. The van der Waals surface area contributed by atoms with Gasteiger partial charge in [0.25, 0.3) is 5.91 Å². The molecule has 0 aliphatic heterocycles. The Morgan fingerprint density at radius 3 is 2.68 bits per heavy atom. The molecule has 0 unspecified atom stereocenters. The molecular weight excluding hydrogens is 302 g/mol. The van der Waals surface area contributed by atoms with Gasteiger partial charge in [0, 0.05) is 17.5 Å². The second-order valence-electron chi connectivity index (χ2n) is 4.74. The molecule has 112 valence electrons. The molecule has 1 amide bonds. The highest BCUT2D eigenvalue weighted by Gasteiger charge is 2.18. The smallest absolute Gasteiger partial charge is 0.322 e. The highest BCUT2D eigenvalue weighted by Crippen LogP contribution is 2.26. The van der Waals surface area contributed by atoms with Crippen molar-refractivity contribution in [1.82, 2.24) is 14.7 Å². The monoisotopic (exact) mass is 315 g/mol. The van der Waals surface area contributed by atoms with E-state index in [1.165, 1.54) is 11.3 Å². The molecule has 2 heterocycles. The number of nitrogens with zero attached hydrogens (tertiary/aromatic N) is 2. The van der Waals surface area contributed by atoms with Gasteiger partial charge in [0.15, 0.2) is 4.96 Å². The van der Waals surface area contributed by atoms with E-state index in [0.717, 1.165) is 17.0 Å². The van der Waals surface area contributed by atoms with E-state index in [1.54, 1.807) is 0 Å². The molecule has 2 N–H and O–H groups in total.